The number of nitriles is 1. The monoisotopic (exact) mass is 289 g/mol. The zero-order valence-corrected chi connectivity index (χ0v) is 10.1. The van der Waals surface area contributed by atoms with Crippen LogP contribution in [0.1, 0.15) is 11.7 Å². The summed E-state index contributed by atoms with van der Waals surface area (Å²) < 4.78 is 5.97. The van der Waals surface area contributed by atoms with Gasteiger partial charge in [0.1, 0.15) is 0 Å². The van der Waals surface area contributed by atoms with Gasteiger partial charge in [0, 0.05) is 15.1 Å². The van der Waals surface area contributed by atoms with E-state index in [9.17, 15) is 0 Å². The molecule has 0 aromatic heterocycles. The molecule has 15 heavy (non-hydrogen) atoms. The van der Waals surface area contributed by atoms with E-state index in [2.05, 4.69) is 15.9 Å². The van der Waals surface area contributed by atoms with Gasteiger partial charge >= 0.3 is 0 Å². The first-order chi connectivity index (χ1) is 7.19. The van der Waals surface area contributed by atoms with E-state index in [1.54, 1.807) is 18.2 Å². The van der Waals surface area contributed by atoms with Gasteiger partial charge in [-0.1, -0.05) is 27.5 Å². The van der Waals surface area contributed by atoms with Crippen molar-refractivity contribution in [3.8, 4) is 6.07 Å². The lowest BCUT2D eigenvalue weighted by molar-refractivity contribution is 0.0581. The summed E-state index contributed by atoms with van der Waals surface area (Å²) >= 11 is 9.22. The SMILES string of the molecule is N#CC(OCCO)c1cc(Br)ccc1Cl. The average Bonchev–Trinajstić information content (AvgIpc) is 2.24. The number of aliphatic hydroxyl groups is 1. The molecule has 1 N–H and O–H groups in total. The van der Waals surface area contributed by atoms with Crippen molar-refractivity contribution >= 4 is 27.5 Å². The molecular formula is C10H9BrClNO2. The van der Waals surface area contributed by atoms with Crippen molar-refractivity contribution < 1.29 is 9.84 Å². The fourth-order valence-electron chi connectivity index (χ4n) is 1.08. The number of ether oxygens (including phenoxy) is 1. The quantitative estimate of drug-likeness (QED) is 0.927. The molecule has 1 atom stereocenters. The molecule has 0 spiro atoms. The van der Waals surface area contributed by atoms with Crippen molar-refractivity contribution in [2.45, 2.75) is 6.10 Å². The zero-order chi connectivity index (χ0) is 11.3. The van der Waals surface area contributed by atoms with Crippen LogP contribution in [0.4, 0.5) is 0 Å². The minimum absolute atomic E-state index is 0.112. The summed E-state index contributed by atoms with van der Waals surface area (Å²) in [6, 6.07) is 7.18. The van der Waals surface area contributed by atoms with E-state index in [0.29, 0.717) is 10.6 Å². The maximum atomic E-state index is 8.89. The molecule has 0 fully saturated rings. The summed E-state index contributed by atoms with van der Waals surface area (Å²) in [6.07, 6.45) is -0.748. The first-order valence-corrected chi connectivity index (χ1v) is 5.43. The number of hydrogen-bond acceptors (Lipinski definition) is 3. The van der Waals surface area contributed by atoms with Crippen LogP contribution in [0, 0.1) is 11.3 Å². The molecule has 1 aromatic rings. The molecule has 0 saturated heterocycles. The highest BCUT2D eigenvalue weighted by Gasteiger charge is 2.14. The Hall–Kier alpha value is -0.600. The topological polar surface area (TPSA) is 53.2 Å². The normalized spacial score (nSPS) is 12.1. The molecule has 0 aliphatic carbocycles. The van der Waals surface area contributed by atoms with Crippen LogP contribution in [0.2, 0.25) is 5.02 Å². The molecule has 1 unspecified atom stereocenters. The lowest BCUT2D eigenvalue weighted by Crippen LogP contribution is -2.06. The minimum atomic E-state index is -0.748. The number of aliphatic hydroxyl groups excluding tert-OH is 1. The smallest absolute Gasteiger partial charge is 0.170 e. The van der Waals surface area contributed by atoms with Crippen molar-refractivity contribution in [1.29, 1.82) is 5.26 Å². The molecule has 3 nitrogen and oxygen atoms in total. The third-order valence-electron chi connectivity index (χ3n) is 1.73. The largest absolute Gasteiger partial charge is 0.394 e. The molecule has 1 rings (SSSR count). The van der Waals surface area contributed by atoms with Gasteiger partial charge in [-0.15, -0.1) is 0 Å². The van der Waals surface area contributed by atoms with Gasteiger partial charge in [0.05, 0.1) is 19.3 Å². The molecule has 0 radical (unpaired) electrons. The number of benzene rings is 1. The molecule has 5 heteroatoms. The summed E-state index contributed by atoms with van der Waals surface area (Å²) in [4.78, 5) is 0. The van der Waals surface area contributed by atoms with Crippen molar-refractivity contribution in [2.75, 3.05) is 13.2 Å². The van der Waals surface area contributed by atoms with E-state index in [1.165, 1.54) is 0 Å². The van der Waals surface area contributed by atoms with Crippen molar-refractivity contribution in [3.05, 3.63) is 33.3 Å². The minimum Gasteiger partial charge on any atom is -0.394 e. The van der Waals surface area contributed by atoms with Crippen LogP contribution in [-0.4, -0.2) is 18.3 Å². The van der Waals surface area contributed by atoms with Crippen LogP contribution >= 0.6 is 27.5 Å². The highest BCUT2D eigenvalue weighted by molar-refractivity contribution is 9.10. The van der Waals surface area contributed by atoms with Crippen molar-refractivity contribution in [3.63, 3.8) is 0 Å². The molecule has 0 aliphatic rings. The Morgan fingerprint density at radius 3 is 2.93 bits per heavy atom. The standard InChI is InChI=1S/C10H9BrClNO2/c11-7-1-2-9(12)8(5-7)10(6-13)15-4-3-14/h1-2,5,10,14H,3-4H2. The number of rotatable bonds is 4. The maximum Gasteiger partial charge on any atom is 0.170 e. The molecule has 0 bridgehead atoms. The van der Waals surface area contributed by atoms with Gasteiger partial charge in [0.2, 0.25) is 0 Å². The summed E-state index contributed by atoms with van der Waals surface area (Å²) in [6.45, 7) is -0.00906. The Balaban J connectivity index is 2.91. The predicted octanol–water partition coefficient (Wildman–Crippen LogP) is 2.68. The Morgan fingerprint density at radius 1 is 1.60 bits per heavy atom. The second-order valence-corrected chi connectivity index (χ2v) is 4.09. The van der Waals surface area contributed by atoms with Gasteiger partial charge in [-0.2, -0.15) is 5.26 Å². The number of halogens is 2. The molecule has 80 valence electrons. The Kier molecular flexibility index (Phi) is 5.06. The van der Waals surface area contributed by atoms with Gasteiger partial charge in [0.15, 0.2) is 6.10 Å². The summed E-state index contributed by atoms with van der Waals surface area (Å²) in [5, 5.41) is 18.0. The number of hydrogen-bond donors (Lipinski definition) is 1. The molecule has 0 saturated carbocycles. The molecule has 0 amide bonds. The van der Waals surface area contributed by atoms with Gasteiger partial charge in [-0.3, -0.25) is 0 Å². The second-order valence-electron chi connectivity index (χ2n) is 2.77. The summed E-state index contributed by atoms with van der Waals surface area (Å²) in [5.41, 5.74) is 0.599. The van der Waals surface area contributed by atoms with E-state index >= 15 is 0 Å². The molecule has 1 aromatic carbocycles. The highest BCUT2D eigenvalue weighted by atomic mass is 79.9. The van der Waals surface area contributed by atoms with Gasteiger partial charge in [0.25, 0.3) is 0 Å². The highest BCUT2D eigenvalue weighted by Crippen LogP contribution is 2.28. The number of nitrogens with zero attached hydrogens (tertiary/aromatic N) is 1. The van der Waals surface area contributed by atoms with E-state index in [1.807, 2.05) is 6.07 Å². The molecule has 0 aliphatic heterocycles. The second kappa shape index (κ2) is 6.09. The zero-order valence-electron chi connectivity index (χ0n) is 7.78. The predicted molar refractivity (Wildman–Crippen MR) is 60.5 cm³/mol. The van der Waals surface area contributed by atoms with Crippen LogP contribution in [0.3, 0.4) is 0 Å². The van der Waals surface area contributed by atoms with Crippen LogP contribution in [0.5, 0.6) is 0 Å². The third kappa shape index (κ3) is 3.47. The van der Waals surface area contributed by atoms with Gasteiger partial charge < -0.3 is 9.84 Å². The Morgan fingerprint density at radius 2 is 2.33 bits per heavy atom. The summed E-state index contributed by atoms with van der Waals surface area (Å²) in [5.74, 6) is 0. The lowest BCUT2D eigenvalue weighted by atomic mass is 10.1. The van der Waals surface area contributed by atoms with E-state index < -0.39 is 6.10 Å². The summed E-state index contributed by atoms with van der Waals surface area (Å²) in [7, 11) is 0. The van der Waals surface area contributed by atoms with Crippen molar-refractivity contribution in [1.82, 2.24) is 0 Å². The Bertz CT molecular complexity index is 378. The van der Waals surface area contributed by atoms with Crippen LogP contribution < -0.4 is 0 Å². The van der Waals surface area contributed by atoms with E-state index in [-0.39, 0.29) is 13.2 Å². The van der Waals surface area contributed by atoms with Crippen LogP contribution in [-0.2, 0) is 4.74 Å². The molecular weight excluding hydrogens is 281 g/mol. The van der Waals surface area contributed by atoms with Crippen LogP contribution in [0.15, 0.2) is 22.7 Å². The lowest BCUT2D eigenvalue weighted by Gasteiger charge is -2.11. The maximum absolute atomic E-state index is 8.89. The van der Waals surface area contributed by atoms with Crippen molar-refractivity contribution in [2.24, 2.45) is 0 Å². The first kappa shape index (κ1) is 12.5. The fourth-order valence-corrected chi connectivity index (χ4v) is 1.68. The van der Waals surface area contributed by atoms with E-state index in [4.69, 9.17) is 26.7 Å². The third-order valence-corrected chi connectivity index (χ3v) is 2.57. The van der Waals surface area contributed by atoms with E-state index in [0.717, 1.165) is 4.47 Å². The van der Waals surface area contributed by atoms with Crippen LogP contribution in [0.25, 0.3) is 0 Å². The average molecular weight is 291 g/mol. The Labute approximate surface area is 101 Å². The van der Waals surface area contributed by atoms with Gasteiger partial charge in [-0.25, -0.2) is 0 Å². The molecule has 0 heterocycles. The van der Waals surface area contributed by atoms with Gasteiger partial charge in [-0.05, 0) is 18.2 Å². The fraction of sp³-hybridized carbons (Fsp3) is 0.300. The first-order valence-electron chi connectivity index (χ1n) is 4.26.